The number of hydrogen-bond donors (Lipinski definition) is 2. The third-order valence-electron chi connectivity index (χ3n) is 3.27. The van der Waals surface area contributed by atoms with Crippen molar-refractivity contribution in [1.29, 1.82) is 0 Å². The molecule has 1 aromatic heterocycles. The van der Waals surface area contributed by atoms with Crippen molar-refractivity contribution in [2.24, 2.45) is 5.10 Å². The topological polar surface area (TPSA) is 74.3 Å². The second-order valence-electron chi connectivity index (χ2n) is 4.82. The van der Waals surface area contributed by atoms with Crippen molar-refractivity contribution >= 4 is 34.6 Å². The Kier molecular flexibility index (Phi) is 4.21. The summed E-state index contributed by atoms with van der Waals surface area (Å²) >= 11 is 5.94. The Hall–Kier alpha value is -2.92. The van der Waals surface area contributed by atoms with E-state index in [1.807, 2.05) is 24.3 Å². The maximum atomic E-state index is 12.0. The molecular weight excluding hydrogens is 314 g/mol. The molecule has 0 aliphatic heterocycles. The van der Waals surface area contributed by atoms with Crippen molar-refractivity contribution in [2.45, 2.75) is 0 Å². The molecule has 1 heterocycles. The Morgan fingerprint density at radius 2 is 1.87 bits per heavy atom. The Morgan fingerprint density at radius 1 is 1.13 bits per heavy atom. The molecule has 114 valence electrons. The van der Waals surface area contributed by atoms with Crippen LogP contribution < -0.4 is 11.0 Å². The van der Waals surface area contributed by atoms with E-state index in [0.29, 0.717) is 16.1 Å². The maximum absolute atomic E-state index is 12.0. The van der Waals surface area contributed by atoms with Gasteiger partial charge in [0.2, 0.25) is 0 Å². The second kappa shape index (κ2) is 6.46. The lowest BCUT2D eigenvalue weighted by molar-refractivity contribution is 0.0955. The highest BCUT2D eigenvalue weighted by Crippen LogP contribution is 2.14. The molecular formula is C17H12ClN3O2. The number of nitrogens with zero attached hydrogens (tertiary/aromatic N) is 1. The zero-order chi connectivity index (χ0) is 16.2. The van der Waals surface area contributed by atoms with E-state index in [2.05, 4.69) is 15.5 Å². The summed E-state index contributed by atoms with van der Waals surface area (Å²) in [4.78, 5) is 26.7. The molecule has 0 aliphatic rings. The van der Waals surface area contributed by atoms with Gasteiger partial charge in [-0.2, -0.15) is 5.10 Å². The van der Waals surface area contributed by atoms with Crippen LogP contribution in [0.15, 0.2) is 64.5 Å². The van der Waals surface area contributed by atoms with Crippen LogP contribution in [0.25, 0.3) is 10.9 Å². The molecule has 1 amide bonds. The van der Waals surface area contributed by atoms with Gasteiger partial charge in [-0.1, -0.05) is 41.9 Å². The molecule has 23 heavy (non-hydrogen) atoms. The van der Waals surface area contributed by atoms with Crippen molar-refractivity contribution in [3.05, 3.63) is 81.1 Å². The summed E-state index contributed by atoms with van der Waals surface area (Å²) < 4.78 is 0. The molecule has 0 aliphatic carbocycles. The van der Waals surface area contributed by atoms with Crippen molar-refractivity contribution in [3.8, 4) is 0 Å². The zero-order valence-corrected chi connectivity index (χ0v) is 12.7. The first kappa shape index (κ1) is 15.0. The molecule has 2 aromatic carbocycles. The number of fused-ring (bicyclic) bond motifs is 1. The van der Waals surface area contributed by atoms with Gasteiger partial charge in [-0.3, -0.25) is 9.59 Å². The smallest absolute Gasteiger partial charge is 0.272 e. The number of nitrogens with one attached hydrogen (secondary N) is 2. The van der Waals surface area contributed by atoms with Gasteiger partial charge in [0.15, 0.2) is 0 Å². The highest BCUT2D eigenvalue weighted by Gasteiger charge is 2.08. The summed E-state index contributed by atoms with van der Waals surface area (Å²) in [6, 6.07) is 15.8. The number of carbonyl (C=O) groups is 1. The van der Waals surface area contributed by atoms with E-state index in [-0.39, 0.29) is 5.56 Å². The number of benzene rings is 2. The number of halogens is 1. The Balaban J connectivity index is 1.81. The lowest BCUT2D eigenvalue weighted by Gasteiger charge is -2.02. The van der Waals surface area contributed by atoms with Gasteiger partial charge in [-0.25, -0.2) is 5.43 Å². The monoisotopic (exact) mass is 325 g/mol. The van der Waals surface area contributed by atoms with E-state index in [1.165, 1.54) is 6.21 Å². The SMILES string of the molecule is O=C(N/N=C/c1cc2ccccc2[nH]c1=O)c1ccccc1Cl. The molecule has 0 radical (unpaired) electrons. The summed E-state index contributed by atoms with van der Waals surface area (Å²) in [5, 5.41) is 5.04. The summed E-state index contributed by atoms with van der Waals surface area (Å²) in [5.41, 5.74) is 3.49. The fraction of sp³-hybridized carbons (Fsp3) is 0. The van der Waals surface area contributed by atoms with E-state index in [1.54, 1.807) is 30.3 Å². The van der Waals surface area contributed by atoms with Crippen molar-refractivity contribution in [1.82, 2.24) is 10.4 Å². The third kappa shape index (κ3) is 3.30. The molecule has 0 atom stereocenters. The van der Waals surface area contributed by atoms with Gasteiger partial charge in [-0.05, 0) is 29.7 Å². The number of carbonyl (C=O) groups excluding carboxylic acids is 1. The van der Waals surface area contributed by atoms with Crippen LogP contribution >= 0.6 is 11.6 Å². The van der Waals surface area contributed by atoms with E-state index < -0.39 is 5.91 Å². The maximum Gasteiger partial charge on any atom is 0.272 e. The van der Waals surface area contributed by atoms with Crippen LogP contribution in [0.2, 0.25) is 5.02 Å². The number of hydrogen-bond acceptors (Lipinski definition) is 3. The Labute approximate surface area is 136 Å². The van der Waals surface area contributed by atoms with Crippen LogP contribution in [0.3, 0.4) is 0 Å². The number of hydrazone groups is 1. The van der Waals surface area contributed by atoms with Crippen molar-refractivity contribution in [2.75, 3.05) is 0 Å². The van der Waals surface area contributed by atoms with Crippen LogP contribution in [0.5, 0.6) is 0 Å². The predicted octanol–water partition coefficient (Wildman–Crippen LogP) is 2.95. The van der Waals surface area contributed by atoms with Gasteiger partial charge < -0.3 is 4.98 Å². The second-order valence-corrected chi connectivity index (χ2v) is 5.23. The molecule has 0 bridgehead atoms. The zero-order valence-electron chi connectivity index (χ0n) is 11.9. The lowest BCUT2D eigenvalue weighted by atomic mass is 10.2. The molecule has 6 heteroatoms. The highest BCUT2D eigenvalue weighted by molar-refractivity contribution is 6.33. The average Bonchev–Trinajstić information content (AvgIpc) is 2.55. The fourth-order valence-electron chi connectivity index (χ4n) is 2.13. The largest absolute Gasteiger partial charge is 0.321 e. The molecule has 0 saturated carbocycles. The Bertz CT molecular complexity index is 963. The van der Waals surface area contributed by atoms with E-state index in [4.69, 9.17) is 11.6 Å². The summed E-state index contributed by atoms with van der Waals surface area (Å²) in [5.74, 6) is -0.441. The minimum absolute atomic E-state index is 0.278. The fourth-order valence-corrected chi connectivity index (χ4v) is 2.35. The van der Waals surface area contributed by atoms with E-state index in [0.717, 1.165) is 10.9 Å². The highest BCUT2D eigenvalue weighted by atomic mass is 35.5. The predicted molar refractivity (Wildman–Crippen MR) is 91.1 cm³/mol. The molecule has 0 fully saturated rings. The van der Waals surface area contributed by atoms with Crippen LogP contribution in [0.4, 0.5) is 0 Å². The van der Waals surface area contributed by atoms with Crippen molar-refractivity contribution in [3.63, 3.8) is 0 Å². The van der Waals surface area contributed by atoms with Gasteiger partial charge in [0.05, 0.1) is 22.4 Å². The molecule has 0 spiro atoms. The van der Waals surface area contributed by atoms with Gasteiger partial charge in [0.1, 0.15) is 0 Å². The number of aromatic amines is 1. The minimum Gasteiger partial charge on any atom is -0.321 e. The van der Waals surface area contributed by atoms with Gasteiger partial charge in [0, 0.05) is 5.52 Å². The first-order valence-corrected chi connectivity index (χ1v) is 7.23. The number of rotatable bonds is 3. The summed E-state index contributed by atoms with van der Waals surface area (Å²) in [7, 11) is 0. The first-order valence-electron chi connectivity index (χ1n) is 6.85. The molecule has 0 saturated heterocycles. The molecule has 3 aromatic rings. The van der Waals surface area contributed by atoms with E-state index >= 15 is 0 Å². The standard InChI is InChI=1S/C17H12ClN3O2/c18-14-7-3-2-6-13(14)17(23)21-19-10-12-9-11-5-1-4-8-15(11)20-16(12)22/h1-10H,(H,20,22)(H,21,23)/b19-10+. The van der Waals surface area contributed by atoms with Crippen LogP contribution in [0, 0.1) is 0 Å². The number of amides is 1. The summed E-state index contributed by atoms with van der Waals surface area (Å²) in [6.45, 7) is 0. The number of H-pyrrole nitrogens is 1. The number of pyridine rings is 1. The van der Waals surface area contributed by atoms with Crippen LogP contribution in [-0.2, 0) is 0 Å². The quantitative estimate of drug-likeness (QED) is 0.574. The van der Waals surface area contributed by atoms with E-state index in [9.17, 15) is 9.59 Å². The average molecular weight is 326 g/mol. The van der Waals surface area contributed by atoms with Crippen LogP contribution in [0.1, 0.15) is 15.9 Å². The van der Waals surface area contributed by atoms with Gasteiger partial charge >= 0.3 is 0 Å². The lowest BCUT2D eigenvalue weighted by Crippen LogP contribution is -2.19. The normalized spacial score (nSPS) is 11.0. The molecule has 0 unspecified atom stereocenters. The van der Waals surface area contributed by atoms with Gasteiger partial charge in [0.25, 0.3) is 11.5 Å². The number of aromatic nitrogens is 1. The van der Waals surface area contributed by atoms with Gasteiger partial charge in [-0.15, -0.1) is 0 Å². The third-order valence-corrected chi connectivity index (χ3v) is 3.60. The Morgan fingerprint density at radius 3 is 2.70 bits per heavy atom. The number of para-hydroxylation sites is 1. The molecule has 2 N–H and O–H groups in total. The summed E-state index contributed by atoms with van der Waals surface area (Å²) in [6.07, 6.45) is 1.31. The first-order chi connectivity index (χ1) is 11.1. The van der Waals surface area contributed by atoms with Crippen molar-refractivity contribution < 1.29 is 4.79 Å². The van der Waals surface area contributed by atoms with Crippen LogP contribution in [-0.4, -0.2) is 17.1 Å². The molecule has 3 rings (SSSR count). The molecule has 5 nitrogen and oxygen atoms in total. The minimum atomic E-state index is -0.441.